The van der Waals surface area contributed by atoms with Crippen LogP contribution in [0.4, 0.5) is 5.69 Å². The average molecular weight is 218 g/mol. The van der Waals surface area contributed by atoms with E-state index in [1.807, 2.05) is 31.2 Å². The molecule has 1 heterocycles. The average Bonchev–Trinajstić information content (AvgIpc) is 2.60. The Labute approximate surface area is 96.4 Å². The fourth-order valence-electron chi connectivity index (χ4n) is 1.93. The van der Waals surface area contributed by atoms with Crippen molar-refractivity contribution in [3.63, 3.8) is 0 Å². The first-order chi connectivity index (χ1) is 7.58. The van der Waals surface area contributed by atoms with Gasteiger partial charge in [-0.05, 0) is 30.5 Å². The highest BCUT2D eigenvalue weighted by molar-refractivity contribution is 5.95. The number of hydrogen-bond acceptors (Lipinski definition) is 2. The van der Waals surface area contributed by atoms with E-state index in [4.69, 9.17) is 0 Å². The predicted molar refractivity (Wildman–Crippen MR) is 65.0 cm³/mol. The van der Waals surface area contributed by atoms with Crippen molar-refractivity contribution in [3.05, 3.63) is 29.8 Å². The number of hydrazine groups is 1. The molecular weight excluding hydrogens is 200 g/mol. The van der Waals surface area contributed by atoms with Crippen molar-refractivity contribution in [1.29, 1.82) is 0 Å². The number of nitrogens with zero attached hydrogens (tertiary/aromatic N) is 1. The van der Waals surface area contributed by atoms with Crippen LogP contribution in [0.25, 0.3) is 0 Å². The molecule has 1 aliphatic rings. The first-order valence-electron chi connectivity index (χ1n) is 5.73. The Kier molecular flexibility index (Phi) is 2.97. The lowest BCUT2D eigenvalue weighted by molar-refractivity contribution is -0.117. The molecule has 0 aliphatic carbocycles. The summed E-state index contributed by atoms with van der Waals surface area (Å²) in [7, 11) is 0. The van der Waals surface area contributed by atoms with Crippen molar-refractivity contribution in [2.24, 2.45) is 5.92 Å². The molecule has 86 valence electrons. The summed E-state index contributed by atoms with van der Waals surface area (Å²) >= 11 is 0. The minimum atomic E-state index is 0.157. The van der Waals surface area contributed by atoms with Gasteiger partial charge in [0.2, 0.25) is 5.91 Å². The van der Waals surface area contributed by atoms with Crippen LogP contribution in [0.1, 0.15) is 25.8 Å². The minimum Gasteiger partial charge on any atom is -0.273 e. The number of anilines is 1. The molecule has 1 unspecified atom stereocenters. The fraction of sp³-hybridized carbons (Fsp3) is 0.462. The molecule has 0 bridgehead atoms. The molecule has 1 atom stereocenters. The Balaban J connectivity index is 2.20. The molecule has 16 heavy (non-hydrogen) atoms. The maximum absolute atomic E-state index is 11.9. The summed E-state index contributed by atoms with van der Waals surface area (Å²) in [5.41, 5.74) is 5.37. The molecule has 0 spiro atoms. The highest BCUT2D eigenvalue weighted by Crippen LogP contribution is 2.22. The van der Waals surface area contributed by atoms with E-state index in [1.165, 1.54) is 5.56 Å². The van der Waals surface area contributed by atoms with Crippen LogP contribution >= 0.6 is 0 Å². The van der Waals surface area contributed by atoms with Gasteiger partial charge in [-0.2, -0.15) is 0 Å². The van der Waals surface area contributed by atoms with Gasteiger partial charge in [-0.25, -0.2) is 10.4 Å². The Morgan fingerprint density at radius 3 is 2.75 bits per heavy atom. The molecule has 1 N–H and O–H groups in total. The smallest absolute Gasteiger partial charge is 0.243 e. The summed E-state index contributed by atoms with van der Waals surface area (Å²) in [6.07, 6.45) is 0.589. The summed E-state index contributed by atoms with van der Waals surface area (Å²) in [6, 6.07) is 8.24. The van der Waals surface area contributed by atoms with E-state index < -0.39 is 0 Å². The van der Waals surface area contributed by atoms with Gasteiger partial charge in [0.1, 0.15) is 0 Å². The summed E-state index contributed by atoms with van der Waals surface area (Å²) in [5, 5.41) is 1.68. The van der Waals surface area contributed by atoms with E-state index in [-0.39, 0.29) is 11.9 Å². The molecule has 1 aromatic rings. The Bertz CT molecular complexity index is 401. The van der Waals surface area contributed by atoms with Crippen LogP contribution in [0.3, 0.4) is 0 Å². The largest absolute Gasteiger partial charge is 0.273 e. The highest BCUT2D eigenvalue weighted by atomic mass is 16.2. The second-order valence-electron chi connectivity index (χ2n) is 4.75. The molecule has 1 fully saturated rings. The van der Waals surface area contributed by atoms with Gasteiger partial charge >= 0.3 is 0 Å². The normalized spacial score (nSPS) is 20.9. The molecule has 1 aliphatic heterocycles. The van der Waals surface area contributed by atoms with Crippen molar-refractivity contribution in [2.45, 2.75) is 33.2 Å². The van der Waals surface area contributed by atoms with E-state index in [1.54, 1.807) is 5.01 Å². The Morgan fingerprint density at radius 2 is 2.19 bits per heavy atom. The molecule has 1 saturated heterocycles. The number of rotatable bonds is 2. The standard InChI is InChI=1S/C13H18N2O/c1-9(2)12-8-13(16)15(14-12)11-6-4-5-10(3)7-11/h4-7,9,12,14H,8H2,1-3H3. The fourth-order valence-corrected chi connectivity index (χ4v) is 1.93. The van der Waals surface area contributed by atoms with Gasteiger partial charge in [0.05, 0.1) is 5.69 Å². The van der Waals surface area contributed by atoms with Gasteiger partial charge in [-0.3, -0.25) is 4.79 Å². The van der Waals surface area contributed by atoms with Gasteiger partial charge in [0.15, 0.2) is 0 Å². The van der Waals surface area contributed by atoms with Gasteiger partial charge in [0.25, 0.3) is 0 Å². The molecular formula is C13H18N2O. The van der Waals surface area contributed by atoms with Crippen LogP contribution < -0.4 is 10.4 Å². The maximum atomic E-state index is 11.9. The summed E-state index contributed by atoms with van der Waals surface area (Å²) in [6.45, 7) is 6.29. The van der Waals surface area contributed by atoms with Gasteiger partial charge in [0, 0.05) is 12.5 Å². The summed E-state index contributed by atoms with van der Waals surface area (Å²) in [5.74, 6) is 0.628. The van der Waals surface area contributed by atoms with E-state index >= 15 is 0 Å². The van der Waals surface area contributed by atoms with Crippen LogP contribution in [-0.4, -0.2) is 11.9 Å². The zero-order valence-electron chi connectivity index (χ0n) is 10.0. The van der Waals surface area contributed by atoms with Gasteiger partial charge in [-0.15, -0.1) is 0 Å². The topological polar surface area (TPSA) is 32.3 Å². The van der Waals surface area contributed by atoms with Crippen molar-refractivity contribution >= 4 is 11.6 Å². The van der Waals surface area contributed by atoms with Crippen LogP contribution in [-0.2, 0) is 4.79 Å². The molecule has 3 heteroatoms. The van der Waals surface area contributed by atoms with Gasteiger partial charge < -0.3 is 0 Å². The molecule has 3 nitrogen and oxygen atoms in total. The molecule has 0 aromatic heterocycles. The summed E-state index contributed by atoms with van der Waals surface area (Å²) < 4.78 is 0. The quantitative estimate of drug-likeness (QED) is 0.825. The summed E-state index contributed by atoms with van der Waals surface area (Å²) in [4.78, 5) is 11.9. The van der Waals surface area contributed by atoms with Crippen LogP contribution in [0, 0.1) is 12.8 Å². The van der Waals surface area contributed by atoms with Crippen LogP contribution in [0.5, 0.6) is 0 Å². The predicted octanol–water partition coefficient (Wildman–Crippen LogP) is 2.26. The number of carbonyl (C=O) groups is 1. The van der Waals surface area contributed by atoms with Crippen molar-refractivity contribution < 1.29 is 4.79 Å². The lowest BCUT2D eigenvalue weighted by Crippen LogP contribution is -2.39. The second kappa shape index (κ2) is 4.26. The zero-order chi connectivity index (χ0) is 11.7. The Morgan fingerprint density at radius 1 is 1.44 bits per heavy atom. The van der Waals surface area contributed by atoms with Gasteiger partial charge in [-0.1, -0.05) is 26.0 Å². The first-order valence-corrected chi connectivity index (χ1v) is 5.73. The van der Waals surface area contributed by atoms with E-state index in [0.29, 0.717) is 12.3 Å². The second-order valence-corrected chi connectivity index (χ2v) is 4.75. The molecule has 2 rings (SSSR count). The molecule has 0 radical (unpaired) electrons. The van der Waals surface area contributed by atoms with E-state index in [9.17, 15) is 4.79 Å². The monoisotopic (exact) mass is 218 g/mol. The number of carbonyl (C=O) groups excluding carboxylic acids is 1. The number of nitrogens with one attached hydrogen (secondary N) is 1. The van der Waals surface area contributed by atoms with Crippen LogP contribution in [0.2, 0.25) is 0 Å². The SMILES string of the molecule is Cc1cccc(N2NC(C(C)C)CC2=O)c1. The van der Waals surface area contributed by atoms with Crippen molar-refractivity contribution in [3.8, 4) is 0 Å². The van der Waals surface area contributed by atoms with Crippen molar-refractivity contribution in [1.82, 2.24) is 5.43 Å². The van der Waals surface area contributed by atoms with Crippen molar-refractivity contribution in [2.75, 3.05) is 5.01 Å². The highest BCUT2D eigenvalue weighted by Gasteiger charge is 2.31. The third kappa shape index (κ3) is 2.09. The minimum absolute atomic E-state index is 0.157. The lowest BCUT2D eigenvalue weighted by Gasteiger charge is -2.20. The third-order valence-electron chi connectivity index (χ3n) is 3.00. The van der Waals surface area contributed by atoms with E-state index in [0.717, 1.165) is 5.69 Å². The van der Waals surface area contributed by atoms with E-state index in [2.05, 4.69) is 19.3 Å². The Hall–Kier alpha value is -1.35. The number of benzene rings is 1. The zero-order valence-corrected chi connectivity index (χ0v) is 10.0. The van der Waals surface area contributed by atoms with Crippen LogP contribution in [0.15, 0.2) is 24.3 Å². The maximum Gasteiger partial charge on any atom is 0.243 e. The molecule has 1 amide bonds. The molecule has 0 saturated carbocycles. The first kappa shape index (κ1) is 11.1. The number of amides is 1. The third-order valence-corrected chi connectivity index (χ3v) is 3.00. The number of hydrogen-bond donors (Lipinski definition) is 1. The lowest BCUT2D eigenvalue weighted by atomic mass is 10.0. The molecule has 1 aromatic carbocycles. The number of aryl methyl sites for hydroxylation is 1.